The number of carbonyl (C=O) groups excluding carboxylic acids is 1. The van der Waals surface area contributed by atoms with Crippen LogP contribution in [0.2, 0.25) is 0 Å². The van der Waals surface area contributed by atoms with E-state index in [0.29, 0.717) is 0 Å². The first-order chi connectivity index (χ1) is 7.41. The molecular formula is C12H23N3O. The summed E-state index contributed by atoms with van der Waals surface area (Å²) < 4.78 is 0. The summed E-state index contributed by atoms with van der Waals surface area (Å²) in [4.78, 5) is 13.6. The van der Waals surface area contributed by atoms with E-state index in [1.165, 1.54) is 5.57 Å². The van der Waals surface area contributed by atoms with E-state index in [2.05, 4.69) is 31.4 Å². The van der Waals surface area contributed by atoms with Crippen LogP contribution in [0.1, 0.15) is 27.7 Å². The molecule has 1 rings (SSSR count). The van der Waals surface area contributed by atoms with Crippen molar-refractivity contribution in [1.82, 2.24) is 15.5 Å². The number of carbonyl (C=O) groups is 1. The molecule has 0 aromatic heterocycles. The second-order valence-corrected chi connectivity index (χ2v) is 5.26. The maximum Gasteiger partial charge on any atom is 0.321 e. The first kappa shape index (κ1) is 13.0. The zero-order valence-electron chi connectivity index (χ0n) is 10.8. The minimum Gasteiger partial charge on any atom is -0.322 e. The third-order valence-corrected chi connectivity index (χ3v) is 3.00. The molecule has 4 heteroatoms. The van der Waals surface area contributed by atoms with Crippen molar-refractivity contribution in [2.45, 2.75) is 27.7 Å². The highest BCUT2D eigenvalue weighted by atomic mass is 16.2. The molecule has 0 aliphatic carbocycles. The van der Waals surface area contributed by atoms with Gasteiger partial charge in [-0.25, -0.2) is 4.79 Å². The molecule has 2 N–H and O–H groups in total. The van der Waals surface area contributed by atoms with Gasteiger partial charge in [0.25, 0.3) is 0 Å². The Morgan fingerprint density at radius 1 is 1.31 bits per heavy atom. The van der Waals surface area contributed by atoms with Gasteiger partial charge in [0, 0.05) is 32.4 Å². The lowest BCUT2D eigenvalue weighted by atomic mass is 9.88. The summed E-state index contributed by atoms with van der Waals surface area (Å²) in [6, 6.07) is 0.00472. The molecule has 1 fully saturated rings. The number of hydrogen-bond donors (Lipinski definition) is 2. The van der Waals surface area contributed by atoms with Crippen molar-refractivity contribution < 1.29 is 4.79 Å². The summed E-state index contributed by atoms with van der Waals surface area (Å²) in [5, 5.41) is 6.08. The number of nitrogens with one attached hydrogen (secondary N) is 2. The van der Waals surface area contributed by atoms with Gasteiger partial charge in [0.05, 0.1) is 0 Å². The molecule has 2 amide bonds. The fraction of sp³-hybridized carbons (Fsp3) is 0.750. The highest BCUT2D eigenvalue weighted by molar-refractivity contribution is 5.75. The monoisotopic (exact) mass is 225 g/mol. The smallest absolute Gasteiger partial charge is 0.321 e. The van der Waals surface area contributed by atoms with E-state index in [-0.39, 0.29) is 11.4 Å². The average Bonchev–Trinajstić information content (AvgIpc) is 2.25. The van der Waals surface area contributed by atoms with Crippen LogP contribution >= 0.6 is 0 Å². The molecule has 1 saturated heterocycles. The van der Waals surface area contributed by atoms with Crippen LogP contribution in [0.4, 0.5) is 4.79 Å². The summed E-state index contributed by atoms with van der Waals surface area (Å²) in [5.41, 5.74) is 1.28. The Bertz CT molecular complexity index is 272. The molecule has 92 valence electrons. The second kappa shape index (κ2) is 5.34. The standard InChI is InChI=1S/C12H23N3O/c1-10(12(2,3)4)9-14-11(16)15-7-5-13-6-8-15/h9,13H,5-8H2,1-4H3,(H,14,16)/b10-9+. The quantitative estimate of drug-likeness (QED) is 0.711. The van der Waals surface area contributed by atoms with Crippen LogP contribution in [0.25, 0.3) is 0 Å². The van der Waals surface area contributed by atoms with E-state index in [9.17, 15) is 4.79 Å². The highest BCUT2D eigenvalue weighted by Crippen LogP contribution is 2.23. The molecule has 0 atom stereocenters. The van der Waals surface area contributed by atoms with Gasteiger partial charge in [0.15, 0.2) is 0 Å². The van der Waals surface area contributed by atoms with Gasteiger partial charge in [-0.3, -0.25) is 0 Å². The van der Waals surface area contributed by atoms with Crippen LogP contribution in [0.5, 0.6) is 0 Å². The van der Waals surface area contributed by atoms with E-state index >= 15 is 0 Å². The lowest BCUT2D eigenvalue weighted by molar-refractivity contribution is 0.193. The first-order valence-electron chi connectivity index (χ1n) is 5.84. The van der Waals surface area contributed by atoms with Crippen LogP contribution in [0.15, 0.2) is 11.8 Å². The molecule has 0 aromatic carbocycles. The summed E-state index contributed by atoms with van der Waals surface area (Å²) in [6.45, 7) is 11.8. The number of allylic oxidation sites excluding steroid dienone is 1. The predicted octanol–water partition coefficient (Wildman–Crippen LogP) is 1.55. The van der Waals surface area contributed by atoms with Crippen LogP contribution in [0.3, 0.4) is 0 Å². The number of amides is 2. The number of hydrogen-bond acceptors (Lipinski definition) is 2. The Labute approximate surface area is 98.1 Å². The fourth-order valence-corrected chi connectivity index (χ4v) is 1.35. The normalized spacial score (nSPS) is 18.5. The fourth-order valence-electron chi connectivity index (χ4n) is 1.35. The topological polar surface area (TPSA) is 44.4 Å². The molecule has 1 aliphatic rings. The zero-order valence-corrected chi connectivity index (χ0v) is 10.8. The van der Waals surface area contributed by atoms with Gasteiger partial charge in [-0.1, -0.05) is 26.3 Å². The van der Waals surface area contributed by atoms with E-state index in [1.54, 1.807) is 0 Å². The number of nitrogens with zero attached hydrogens (tertiary/aromatic N) is 1. The summed E-state index contributed by atoms with van der Waals surface area (Å²) in [6.07, 6.45) is 1.82. The van der Waals surface area contributed by atoms with E-state index < -0.39 is 0 Å². The molecular weight excluding hydrogens is 202 g/mol. The van der Waals surface area contributed by atoms with Crippen LogP contribution < -0.4 is 10.6 Å². The molecule has 0 radical (unpaired) electrons. The number of urea groups is 1. The third kappa shape index (κ3) is 3.85. The summed E-state index contributed by atoms with van der Waals surface area (Å²) in [5.74, 6) is 0. The second-order valence-electron chi connectivity index (χ2n) is 5.26. The Morgan fingerprint density at radius 2 is 1.88 bits per heavy atom. The first-order valence-corrected chi connectivity index (χ1v) is 5.84. The molecule has 1 aliphatic heterocycles. The summed E-state index contributed by atoms with van der Waals surface area (Å²) >= 11 is 0. The molecule has 0 bridgehead atoms. The van der Waals surface area contributed by atoms with Gasteiger partial charge in [-0.2, -0.15) is 0 Å². The van der Waals surface area contributed by atoms with Gasteiger partial charge in [0.2, 0.25) is 0 Å². The van der Waals surface area contributed by atoms with Gasteiger partial charge in [-0.15, -0.1) is 0 Å². The van der Waals surface area contributed by atoms with E-state index in [0.717, 1.165) is 26.2 Å². The predicted molar refractivity (Wildman–Crippen MR) is 66.2 cm³/mol. The lowest BCUT2D eigenvalue weighted by Crippen LogP contribution is -2.49. The van der Waals surface area contributed by atoms with Crippen molar-refractivity contribution >= 4 is 6.03 Å². The Balaban J connectivity index is 2.45. The van der Waals surface area contributed by atoms with Crippen LogP contribution in [0, 0.1) is 5.41 Å². The van der Waals surface area contributed by atoms with Crippen molar-refractivity contribution in [3.05, 3.63) is 11.8 Å². The van der Waals surface area contributed by atoms with E-state index in [1.807, 2.05) is 18.0 Å². The molecule has 4 nitrogen and oxygen atoms in total. The molecule has 0 spiro atoms. The van der Waals surface area contributed by atoms with Crippen molar-refractivity contribution in [3.8, 4) is 0 Å². The number of rotatable bonds is 1. The van der Waals surface area contributed by atoms with Gasteiger partial charge >= 0.3 is 6.03 Å². The SMILES string of the molecule is C/C(=C\NC(=O)N1CCNCC1)C(C)(C)C. The lowest BCUT2D eigenvalue weighted by Gasteiger charge is -2.27. The Hall–Kier alpha value is -1.03. The maximum absolute atomic E-state index is 11.8. The number of piperazine rings is 1. The summed E-state index contributed by atoms with van der Waals surface area (Å²) in [7, 11) is 0. The van der Waals surface area contributed by atoms with Gasteiger partial charge in [-0.05, 0) is 12.3 Å². The van der Waals surface area contributed by atoms with Crippen molar-refractivity contribution in [2.75, 3.05) is 26.2 Å². The molecule has 0 unspecified atom stereocenters. The molecule has 0 saturated carbocycles. The average molecular weight is 225 g/mol. The third-order valence-electron chi connectivity index (χ3n) is 3.00. The van der Waals surface area contributed by atoms with Gasteiger partial charge < -0.3 is 15.5 Å². The Morgan fingerprint density at radius 3 is 2.38 bits per heavy atom. The van der Waals surface area contributed by atoms with Gasteiger partial charge in [0.1, 0.15) is 0 Å². The van der Waals surface area contributed by atoms with Crippen molar-refractivity contribution in [3.63, 3.8) is 0 Å². The van der Waals surface area contributed by atoms with Crippen molar-refractivity contribution in [2.24, 2.45) is 5.41 Å². The van der Waals surface area contributed by atoms with Crippen molar-refractivity contribution in [1.29, 1.82) is 0 Å². The molecule has 0 aromatic rings. The largest absolute Gasteiger partial charge is 0.322 e. The van der Waals surface area contributed by atoms with Crippen LogP contribution in [-0.2, 0) is 0 Å². The minimum absolute atomic E-state index is 0.00472. The zero-order chi connectivity index (χ0) is 12.2. The highest BCUT2D eigenvalue weighted by Gasteiger charge is 2.16. The minimum atomic E-state index is 0.00472. The van der Waals surface area contributed by atoms with E-state index in [4.69, 9.17) is 0 Å². The Kier molecular flexibility index (Phi) is 4.35. The molecule has 1 heterocycles. The maximum atomic E-state index is 11.8. The van der Waals surface area contributed by atoms with Crippen LogP contribution in [-0.4, -0.2) is 37.1 Å². The molecule has 16 heavy (non-hydrogen) atoms.